The van der Waals surface area contributed by atoms with E-state index in [-0.39, 0.29) is 26.9 Å². The molecule has 0 atom stereocenters. The molecule has 0 aliphatic carbocycles. The van der Waals surface area contributed by atoms with Crippen molar-refractivity contribution in [3.63, 3.8) is 0 Å². The Balaban J connectivity index is 2.50. The first-order valence-electron chi connectivity index (χ1n) is 6.40. The van der Waals surface area contributed by atoms with Crippen molar-refractivity contribution < 1.29 is 21.6 Å². The number of sulfonamides is 1. The topological polar surface area (TPSA) is 116 Å². The molecule has 0 amide bonds. The van der Waals surface area contributed by atoms with Crippen LogP contribution in [-0.2, 0) is 19.9 Å². The van der Waals surface area contributed by atoms with Crippen molar-refractivity contribution >= 4 is 31.2 Å². The van der Waals surface area contributed by atoms with Crippen molar-refractivity contribution in [3.05, 3.63) is 42.5 Å². The summed E-state index contributed by atoms with van der Waals surface area (Å²) in [5, 5.41) is 0. The van der Waals surface area contributed by atoms with Gasteiger partial charge in [0.25, 0.3) is 10.0 Å². The molecule has 0 aromatic heterocycles. The van der Waals surface area contributed by atoms with Crippen LogP contribution in [0.2, 0.25) is 0 Å². The monoisotopic (exact) mass is 356 g/mol. The summed E-state index contributed by atoms with van der Waals surface area (Å²) < 4.78 is 55.5. The first-order valence-corrected chi connectivity index (χ1v) is 9.78. The van der Waals surface area contributed by atoms with E-state index in [1.165, 1.54) is 25.3 Å². The predicted octanol–water partition coefficient (Wildman–Crippen LogP) is 1.48. The van der Waals surface area contributed by atoms with E-state index in [0.717, 1.165) is 12.3 Å². The molecule has 2 rings (SSSR count). The van der Waals surface area contributed by atoms with Crippen molar-refractivity contribution in [3.8, 4) is 5.75 Å². The summed E-state index contributed by atoms with van der Waals surface area (Å²) in [6, 6.07) is 9.94. The number of methoxy groups -OCH3 is 1. The molecule has 124 valence electrons. The van der Waals surface area contributed by atoms with E-state index in [4.69, 9.17) is 10.5 Å². The second kappa shape index (κ2) is 6.09. The smallest absolute Gasteiger partial charge is 0.265 e. The second-order valence-electron chi connectivity index (χ2n) is 4.78. The summed E-state index contributed by atoms with van der Waals surface area (Å²) in [5.41, 5.74) is 6.21. The van der Waals surface area contributed by atoms with Crippen LogP contribution in [0.15, 0.2) is 52.3 Å². The lowest BCUT2D eigenvalue weighted by molar-refractivity contribution is 0.401. The van der Waals surface area contributed by atoms with Gasteiger partial charge in [-0.1, -0.05) is 12.1 Å². The molecule has 2 aromatic rings. The molecular weight excluding hydrogens is 340 g/mol. The highest BCUT2D eigenvalue weighted by Crippen LogP contribution is 2.29. The van der Waals surface area contributed by atoms with Crippen molar-refractivity contribution in [2.75, 3.05) is 23.8 Å². The summed E-state index contributed by atoms with van der Waals surface area (Å²) in [4.78, 5) is -0.219. The molecule has 2 aromatic carbocycles. The van der Waals surface area contributed by atoms with E-state index in [2.05, 4.69) is 4.72 Å². The van der Waals surface area contributed by atoms with Gasteiger partial charge in [0.2, 0.25) is 0 Å². The first-order chi connectivity index (χ1) is 10.6. The van der Waals surface area contributed by atoms with E-state index in [9.17, 15) is 16.8 Å². The van der Waals surface area contributed by atoms with Crippen molar-refractivity contribution in [2.45, 2.75) is 9.79 Å². The quantitative estimate of drug-likeness (QED) is 0.784. The van der Waals surface area contributed by atoms with Gasteiger partial charge in [0.1, 0.15) is 10.6 Å². The number of nitrogens with two attached hydrogens (primary N) is 1. The van der Waals surface area contributed by atoms with Crippen LogP contribution in [0.25, 0.3) is 0 Å². The summed E-state index contributed by atoms with van der Waals surface area (Å²) in [6.07, 6.45) is 1.03. The maximum atomic E-state index is 12.5. The Hall–Kier alpha value is -2.26. The zero-order chi connectivity index (χ0) is 17.3. The Kier molecular flexibility index (Phi) is 4.53. The number of sulfone groups is 1. The standard InChI is InChI=1S/C14H16N2O5S2/c1-21-13-9-10(22(2,17)18)7-8-14(13)23(19,20)16-12-6-4-3-5-11(12)15/h3-9,16H,15H2,1-2H3. The van der Waals surface area contributed by atoms with Crippen LogP contribution < -0.4 is 15.2 Å². The Morgan fingerprint density at radius 1 is 1.04 bits per heavy atom. The van der Waals surface area contributed by atoms with Gasteiger partial charge in [-0.25, -0.2) is 16.8 Å². The molecular formula is C14H16N2O5S2. The Morgan fingerprint density at radius 2 is 1.70 bits per heavy atom. The van der Waals surface area contributed by atoms with Crippen LogP contribution in [-0.4, -0.2) is 30.2 Å². The highest BCUT2D eigenvalue weighted by molar-refractivity contribution is 7.93. The summed E-state index contributed by atoms with van der Waals surface area (Å²) in [5.74, 6) is -0.0741. The number of hydrogen-bond donors (Lipinski definition) is 2. The minimum absolute atomic E-state index is 0.0347. The normalized spacial score (nSPS) is 11.9. The SMILES string of the molecule is COc1cc(S(C)(=O)=O)ccc1S(=O)(=O)Nc1ccccc1N. The lowest BCUT2D eigenvalue weighted by atomic mass is 10.3. The molecule has 0 spiro atoms. The first kappa shape index (κ1) is 17.1. The molecule has 23 heavy (non-hydrogen) atoms. The minimum Gasteiger partial charge on any atom is -0.495 e. The van der Waals surface area contributed by atoms with Crippen molar-refractivity contribution in [1.82, 2.24) is 0 Å². The van der Waals surface area contributed by atoms with Crippen LogP contribution in [0.3, 0.4) is 0 Å². The van der Waals surface area contributed by atoms with E-state index < -0.39 is 19.9 Å². The molecule has 0 saturated carbocycles. The number of nitrogen functional groups attached to an aromatic ring is 1. The molecule has 0 unspecified atom stereocenters. The van der Waals surface area contributed by atoms with E-state index in [1.807, 2.05) is 0 Å². The fourth-order valence-corrected chi connectivity index (χ4v) is 3.77. The van der Waals surface area contributed by atoms with Crippen LogP contribution in [0.4, 0.5) is 11.4 Å². The molecule has 9 heteroatoms. The molecule has 0 aliphatic heterocycles. The molecule has 0 saturated heterocycles. The average molecular weight is 356 g/mol. The van der Waals surface area contributed by atoms with Gasteiger partial charge in [0.05, 0.1) is 23.4 Å². The van der Waals surface area contributed by atoms with Crippen LogP contribution in [0.1, 0.15) is 0 Å². The number of ether oxygens (including phenoxy) is 1. The molecule has 0 fully saturated rings. The van der Waals surface area contributed by atoms with E-state index in [1.54, 1.807) is 18.2 Å². The number of hydrogen-bond acceptors (Lipinski definition) is 6. The number of nitrogens with one attached hydrogen (secondary N) is 1. The van der Waals surface area contributed by atoms with Gasteiger partial charge in [-0.05, 0) is 24.3 Å². The van der Waals surface area contributed by atoms with Gasteiger partial charge < -0.3 is 10.5 Å². The van der Waals surface area contributed by atoms with Gasteiger partial charge in [0.15, 0.2) is 9.84 Å². The highest BCUT2D eigenvalue weighted by atomic mass is 32.2. The summed E-state index contributed by atoms with van der Waals surface area (Å²) >= 11 is 0. The maximum absolute atomic E-state index is 12.5. The zero-order valence-corrected chi connectivity index (χ0v) is 14.1. The van der Waals surface area contributed by atoms with Gasteiger partial charge in [0, 0.05) is 12.3 Å². The van der Waals surface area contributed by atoms with Crippen LogP contribution in [0.5, 0.6) is 5.75 Å². The molecule has 0 heterocycles. The highest BCUT2D eigenvalue weighted by Gasteiger charge is 2.22. The minimum atomic E-state index is -3.99. The zero-order valence-electron chi connectivity index (χ0n) is 12.5. The molecule has 0 radical (unpaired) electrons. The van der Waals surface area contributed by atoms with Gasteiger partial charge in [-0.3, -0.25) is 4.72 Å². The fourth-order valence-electron chi connectivity index (χ4n) is 1.89. The fraction of sp³-hybridized carbons (Fsp3) is 0.143. The third-order valence-electron chi connectivity index (χ3n) is 3.06. The van der Waals surface area contributed by atoms with Crippen molar-refractivity contribution in [1.29, 1.82) is 0 Å². The third kappa shape index (κ3) is 3.74. The average Bonchev–Trinajstić information content (AvgIpc) is 2.48. The van der Waals surface area contributed by atoms with E-state index in [0.29, 0.717) is 0 Å². The molecule has 0 bridgehead atoms. The molecule has 7 nitrogen and oxygen atoms in total. The molecule has 0 aliphatic rings. The van der Waals surface area contributed by atoms with Crippen LogP contribution >= 0.6 is 0 Å². The number of para-hydroxylation sites is 2. The summed E-state index contributed by atoms with van der Waals surface area (Å²) in [6.45, 7) is 0. The van der Waals surface area contributed by atoms with Gasteiger partial charge >= 0.3 is 0 Å². The van der Waals surface area contributed by atoms with Gasteiger partial charge in [-0.2, -0.15) is 0 Å². The number of rotatable bonds is 5. The Bertz CT molecular complexity index is 937. The number of benzene rings is 2. The Labute approximate surface area is 135 Å². The van der Waals surface area contributed by atoms with Gasteiger partial charge in [-0.15, -0.1) is 0 Å². The lowest BCUT2D eigenvalue weighted by Gasteiger charge is -2.13. The second-order valence-corrected chi connectivity index (χ2v) is 8.44. The predicted molar refractivity (Wildman–Crippen MR) is 87.8 cm³/mol. The number of anilines is 2. The van der Waals surface area contributed by atoms with Crippen LogP contribution in [0, 0.1) is 0 Å². The maximum Gasteiger partial charge on any atom is 0.265 e. The largest absolute Gasteiger partial charge is 0.495 e. The van der Waals surface area contributed by atoms with Crippen molar-refractivity contribution in [2.24, 2.45) is 0 Å². The lowest BCUT2D eigenvalue weighted by Crippen LogP contribution is -2.15. The third-order valence-corrected chi connectivity index (χ3v) is 5.57. The Morgan fingerprint density at radius 3 is 2.26 bits per heavy atom. The summed E-state index contributed by atoms with van der Waals surface area (Å²) in [7, 11) is -6.21. The van der Waals surface area contributed by atoms with E-state index >= 15 is 0 Å². The molecule has 3 N–H and O–H groups in total.